The number of rotatable bonds is 13. The zero-order valence-corrected chi connectivity index (χ0v) is 33.7. The normalized spacial score (nSPS) is 24.6. The van der Waals surface area contributed by atoms with Crippen LogP contribution in [0.5, 0.6) is 11.5 Å². The number of benzene rings is 1. The van der Waals surface area contributed by atoms with E-state index in [1.807, 2.05) is 6.07 Å². The quantitative estimate of drug-likeness (QED) is 0.237. The molecule has 2 N–H and O–H groups in total. The Kier molecular flexibility index (Phi) is 10.7. The van der Waals surface area contributed by atoms with Gasteiger partial charge in [0.1, 0.15) is 29.2 Å². The number of fused-ring (bicyclic) bond motifs is 1. The number of sulfonamides is 1. The minimum absolute atomic E-state index is 0.0452. The van der Waals surface area contributed by atoms with Gasteiger partial charge in [-0.1, -0.05) is 32.9 Å². The second kappa shape index (κ2) is 15.2. The summed E-state index contributed by atoms with van der Waals surface area (Å²) >= 11 is 0. The summed E-state index contributed by atoms with van der Waals surface area (Å²) in [6.07, 6.45) is 2.36. The maximum absolute atomic E-state index is 14.8. The number of ether oxygens (including phenoxy) is 2. The average Bonchev–Trinajstić information content (AvgIpc) is 4.09. The number of methoxy groups -OCH3 is 1. The molecule has 1 aromatic carbocycles. The van der Waals surface area contributed by atoms with E-state index in [9.17, 15) is 36.4 Å². The highest BCUT2D eigenvalue weighted by Gasteiger charge is 2.62. The van der Waals surface area contributed by atoms with Gasteiger partial charge in [-0.15, -0.1) is 6.58 Å². The van der Waals surface area contributed by atoms with Crippen LogP contribution in [0.1, 0.15) is 59.3 Å². The molecule has 0 unspecified atom stereocenters. The lowest BCUT2D eigenvalue weighted by molar-refractivity contribution is -0.148. The molecule has 310 valence electrons. The first-order valence-electron chi connectivity index (χ1n) is 19.4. The van der Waals surface area contributed by atoms with Crippen molar-refractivity contribution in [2.45, 2.75) is 88.2 Å². The number of hydrogen-bond acceptors (Lipinski definition) is 10. The molecule has 0 bridgehead atoms. The number of nitrogens with one attached hydrogen (secondary N) is 2. The minimum Gasteiger partial charge on any atom is -0.497 e. The van der Waals surface area contributed by atoms with E-state index in [0.717, 1.165) is 4.90 Å². The Labute approximate surface area is 335 Å². The number of aromatic nitrogens is 2. The zero-order valence-electron chi connectivity index (χ0n) is 32.9. The van der Waals surface area contributed by atoms with Gasteiger partial charge in [-0.2, -0.15) is 0 Å². The summed E-state index contributed by atoms with van der Waals surface area (Å²) < 4.78 is 68.0. The molecule has 0 radical (unpaired) electrons. The van der Waals surface area contributed by atoms with Gasteiger partial charge in [0.05, 0.1) is 48.3 Å². The van der Waals surface area contributed by atoms with Crippen molar-refractivity contribution in [1.29, 1.82) is 0 Å². The molecule has 4 heterocycles. The van der Waals surface area contributed by atoms with E-state index in [2.05, 4.69) is 21.6 Å². The van der Waals surface area contributed by atoms with Gasteiger partial charge in [0.25, 0.3) is 11.8 Å². The maximum Gasteiger partial charge on any atom is 0.267 e. The number of halogens is 2. The summed E-state index contributed by atoms with van der Waals surface area (Å²) in [4.78, 5) is 67.9. The molecule has 3 aromatic rings. The van der Waals surface area contributed by atoms with Crippen LogP contribution in [0.15, 0.2) is 61.3 Å². The Bertz CT molecular complexity index is 2250. The number of carbonyl (C=O) groups excluding carboxylic acids is 4. The number of nitrogens with zero attached hydrogens (tertiary/aromatic N) is 4. The highest BCUT2D eigenvalue weighted by molar-refractivity contribution is 7.91. The van der Waals surface area contributed by atoms with Crippen molar-refractivity contribution < 1.29 is 45.9 Å². The molecule has 2 aliphatic heterocycles. The third-order valence-electron chi connectivity index (χ3n) is 11.5. The summed E-state index contributed by atoms with van der Waals surface area (Å²) in [6.45, 7) is 8.06. The smallest absolute Gasteiger partial charge is 0.267 e. The van der Waals surface area contributed by atoms with Crippen LogP contribution >= 0.6 is 0 Å². The highest BCUT2D eigenvalue weighted by atomic mass is 32.2. The molecule has 14 nitrogen and oxygen atoms in total. The Morgan fingerprint density at radius 2 is 1.86 bits per heavy atom. The second-order valence-electron chi connectivity index (χ2n) is 16.8. The molecule has 4 aliphatic rings. The van der Waals surface area contributed by atoms with E-state index in [0.29, 0.717) is 46.6 Å². The molecule has 2 saturated heterocycles. The van der Waals surface area contributed by atoms with Crippen molar-refractivity contribution in [2.75, 3.05) is 26.7 Å². The van der Waals surface area contributed by atoms with Crippen LogP contribution in [-0.4, -0.2) is 107 Å². The van der Waals surface area contributed by atoms with Crippen molar-refractivity contribution in [3.63, 3.8) is 0 Å². The Balaban J connectivity index is 1.21. The molecule has 0 spiro atoms. The van der Waals surface area contributed by atoms with E-state index < -0.39 is 92.7 Å². The Morgan fingerprint density at radius 3 is 2.47 bits per heavy atom. The van der Waals surface area contributed by atoms with Crippen molar-refractivity contribution in [3.8, 4) is 22.9 Å². The van der Waals surface area contributed by atoms with Crippen molar-refractivity contribution in [2.24, 2.45) is 17.3 Å². The standard InChI is InChI=1S/C41H48F2N6O8S/c1-6-24-21-41(24,38(53)47-58(54,55)27-11-12-27)46-36(51)33-18-26(22-49(33)37(52)29(39(2,3)4)19-35(50)48-16-14-40(42,43)23-48)57-34-20-32(30-9-7-8-15-44-30)45-31-17-25(56-5)10-13-28(31)34/h6-10,13,15,17,20,24,26-27,29,33H,1,11-12,14,16,18-19,21-23H2,2-5H3,(H,46,51)(H,47,53)/t24-,26-,29-,33+,41-/m1/s1. The largest absolute Gasteiger partial charge is 0.497 e. The van der Waals surface area contributed by atoms with E-state index in [1.54, 1.807) is 63.4 Å². The summed E-state index contributed by atoms with van der Waals surface area (Å²) in [5, 5.41) is 2.71. The number of alkyl halides is 2. The van der Waals surface area contributed by atoms with Crippen LogP contribution in [0.3, 0.4) is 0 Å². The lowest BCUT2D eigenvalue weighted by Gasteiger charge is -2.35. The second-order valence-corrected chi connectivity index (χ2v) is 18.8. The topological polar surface area (TPSA) is 177 Å². The summed E-state index contributed by atoms with van der Waals surface area (Å²) in [5.41, 5.74) is -0.870. The predicted octanol–water partition coefficient (Wildman–Crippen LogP) is 4.24. The Hall–Kier alpha value is -5.19. The molecule has 5 atom stereocenters. The molecular formula is C41H48F2N6O8S. The number of carbonyl (C=O) groups is 4. The van der Waals surface area contributed by atoms with Crippen molar-refractivity contribution in [3.05, 3.63) is 61.3 Å². The molecule has 4 fully saturated rings. The fraction of sp³-hybridized carbons (Fsp3) is 0.512. The van der Waals surface area contributed by atoms with Crippen LogP contribution in [0.4, 0.5) is 8.78 Å². The van der Waals surface area contributed by atoms with Crippen LogP contribution in [0, 0.1) is 17.3 Å². The fourth-order valence-corrected chi connectivity index (χ4v) is 9.20. The van der Waals surface area contributed by atoms with E-state index in [4.69, 9.17) is 14.5 Å². The lowest BCUT2D eigenvalue weighted by atomic mass is 9.77. The van der Waals surface area contributed by atoms with Gasteiger partial charge < -0.3 is 24.6 Å². The first-order chi connectivity index (χ1) is 27.3. The zero-order chi connectivity index (χ0) is 41.8. The minimum atomic E-state index is -3.95. The fourth-order valence-electron chi connectivity index (χ4n) is 7.84. The van der Waals surface area contributed by atoms with Crippen LogP contribution in [-0.2, 0) is 29.2 Å². The molecule has 2 aromatic heterocycles. The number of amides is 4. The number of pyridine rings is 2. The van der Waals surface area contributed by atoms with Gasteiger partial charge >= 0.3 is 0 Å². The van der Waals surface area contributed by atoms with E-state index >= 15 is 0 Å². The monoisotopic (exact) mass is 822 g/mol. The van der Waals surface area contributed by atoms with Gasteiger partial charge in [-0.05, 0) is 48.9 Å². The van der Waals surface area contributed by atoms with Crippen LogP contribution in [0.2, 0.25) is 0 Å². The third kappa shape index (κ3) is 8.36. The van der Waals surface area contributed by atoms with Gasteiger partial charge in [0.2, 0.25) is 27.7 Å². The third-order valence-corrected chi connectivity index (χ3v) is 13.4. The SMILES string of the molecule is C=C[C@@H]1C[C@]1(NC(=O)[C@@H]1C[C@@H](Oc2cc(-c3ccccn3)nc3cc(OC)ccc23)CN1C(=O)[C@@H](CC(=O)N1CCC(F)(F)C1)C(C)(C)C)C(=O)NS(=O)(=O)C1CC1. The van der Waals surface area contributed by atoms with Gasteiger partial charge in [0, 0.05) is 55.4 Å². The average molecular weight is 823 g/mol. The summed E-state index contributed by atoms with van der Waals surface area (Å²) in [6, 6.07) is 11.2. The molecule has 7 rings (SSSR count). The van der Waals surface area contributed by atoms with Gasteiger partial charge in [-0.25, -0.2) is 22.2 Å². The molecule has 17 heteroatoms. The van der Waals surface area contributed by atoms with Crippen molar-refractivity contribution in [1.82, 2.24) is 29.8 Å². The van der Waals surface area contributed by atoms with Crippen molar-refractivity contribution >= 4 is 44.6 Å². The van der Waals surface area contributed by atoms with E-state index in [1.165, 1.54) is 18.1 Å². The van der Waals surface area contributed by atoms with E-state index in [-0.39, 0.29) is 32.4 Å². The first-order valence-corrected chi connectivity index (χ1v) is 20.9. The summed E-state index contributed by atoms with van der Waals surface area (Å²) in [5.74, 6) is -6.46. The predicted molar refractivity (Wildman–Crippen MR) is 209 cm³/mol. The number of hydrogen-bond donors (Lipinski definition) is 2. The molecule has 2 aliphatic carbocycles. The molecule has 58 heavy (non-hydrogen) atoms. The highest BCUT2D eigenvalue weighted by Crippen LogP contribution is 2.46. The molecular weight excluding hydrogens is 775 g/mol. The van der Waals surface area contributed by atoms with Crippen LogP contribution < -0.4 is 19.5 Å². The van der Waals surface area contributed by atoms with Gasteiger partial charge in [-0.3, -0.25) is 28.9 Å². The first kappa shape index (κ1) is 41.0. The van der Waals surface area contributed by atoms with Gasteiger partial charge in [0.15, 0.2) is 0 Å². The van der Waals surface area contributed by atoms with Crippen LogP contribution in [0.25, 0.3) is 22.3 Å². The molecule has 4 amide bonds. The Morgan fingerprint density at radius 1 is 1.10 bits per heavy atom. The maximum atomic E-state index is 14.8. The number of likely N-dealkylation sites (tertiary alicyclic amines) is 2. The summed E-state index contributed by atoms with van der Waals surface area (Å²) in [7, 11) is -2.42. The molecule has 2 saturated carbocycles. The lowest BCUT2D eigenvalue weighted by Crippen LogP contribution is -2.57.